The second kappa shape index (κ2) is 7.94. The van der Waals surface area contributed by atoms with E-state index in [1.54, 1.807) is 6.20 Å². The fourth-order valence-electron chi connectivity index (χ4n) is 3.51. The molecule has 1 aliphatic rings. The zero-order valence-corrected chi connectivity index (χ0v) is 15.4. The van der Waals surface area contributed by atoms with Gasteiger partial charge >= 0.3 is 0 Å². The molecule has 0 bridgehead atoms. The lowest BCUT2D eigenvalue weighted by Crippen LogP contribution is -2.36. The highest BCUT2D eigenvalue weighted by Gasteiger charge is 2.21. The van der Waals surface area contributed by atoms with E-state index in [1.165, 1.54) is 0 Å². The Morgan fingerprint density at radius 3 is 2.96 bits per heavy atom. The van der Waals surface area contributed by atoms with Gasteiger partial charge < -0.3 is 9.63 Å². The van der Waals surface area contributed by atoms with E-state index in [9.17, 15) is 5.11 Å². The minimum Gasteiger partial charge on any atom is -0.396 e. The van der Waals surface area contributed by atoms with Crippen molar-refractivity contribution in [2.24, 2.45) is 5.92 Å². The SMILES string of the molecule is Cc1nccc(-c2cccc(-c3noc(CN4CCC[C@H](CO)C4)n3)c2)n1. The maximum atomic E-state index is 9.38. The summed E-state index contributed by atoms with van der Waals surface area (Å²) in [6.45, 7) is 4.60. The number of hydrogen-bond acceptors (Lipinski definition) is 7. The zero-order valence-electron chi connectivity index (χ0n) is 15.4. The lowest BCUT2D eigenvalue weighted by Gasteiger charge is -2.30. The van der Waals surface area contributed by atoms with Gasteiger partial charge in [0.15, 0.2) is 0 Å². The van der Waals surface area contributed by atoms with Crippen LogP contribution < -0.4 is 0 Å². The Hall–Kier alpha value is -2.64. The van der Waals surface area contributed by atoms with Crippen molar-refractivity contribution in [2.75, 3.05) is 19.7 Å². The van der Waals surface area contributed by atoms with E-state index < -0.39 is 0 Å². The first-order valence-electron chi connectivity index (χ1n) is 9.27. The highest BCUT2D eigenvalue weighted by atomic mass is 16.5. The third-order valence-electron chi connectivity index (χ3n) is 4.88. The molecule has 3 heterocycles. The second-order valence-corrected chi connectivity index (χ2v) is 7.01. The Kier molecular flexibility index (Phi) is 5.22. The summed E-state index contributed by atoms with van der Waals surface area (Å²) in [5.41, 5.74) is 2.76. The summed E-state index contributed by atoms with van der Waals surface area (Å²) in [5, 5.41) is 13.5. The van der Waals surface area contributed by atoms with Crippen LogP contribution in [0.3, 0.4) is 0 Å². The van der Waals surface area contributed by atoms with Gasteiger partial charge in [-0.05, 0) is 44.4 Å². The van der Waals surface area contributed by atoms with Gasteiger partial charge in [0.2, 0.25) is 11.7 Å². The summed E-state index contributed by atoms with van der Waals surface area (Å²) in [6, 6.07) is 9.85. The molecule has 1 aromatic carbocycles. The summed E-state index contributed by atoms with van der Waals surface area (Å²) in [7, 11) is 0. The molecule has 27 heavy (non-hydrogen) atoms. The van der Waals surface area contributed by atoms with E-state index in [-0.39, 0.29) is 6.61 Å². The first kappa shape index (κ1) is 17.8. The Morgan fingerprint density at radius 2 is 2.11 bits per heavy atom. The molecule has 0 aliphatic carbocycles. The fourth-order valence-corrected chi connectivity index (χ4v) is 3.51. The van der Waals surface area contributed by atoms with Crippen LogP contribution in [0.25, 0.3) is 22.6 Å². The number of piperidine rings is 1. The minimum absolute atomic E-state index is 0.237. The average molecular weight is 365 g/mol. The topological polar surface area (TPSA) is 88.2 Å². The smallest absolute Gasteiger partial charge is 0.241 e. The number of aryl methyl sites for hydroxylation is 1. The van der Waals surface area contributed by atoms with Crippen LogP contribution >= 0.6 is 0 Å². The molecule has 1 saturated heterocycles. The number of nitrogens with zero attached hydrogens (tertiary/aromatic N) is 5. The molecule has 4 rings (SSSR count). The zero-order chi connectivity index (χ0) is 18.6. The van der Waals surface area contributed by atoms with Crippen molar-refractivity contribution in [3.63, 3.8) is 0 Å². The van der Waals surface area contributed by atoms with Crippen molar-refractivity contribution in [1.29, 1.82) is 0 Å². The highest BCUT2D eigenvalue weighted by Crippen LogP contribution is 2.24. The van der Waals surface area contributed by atoms with Gasteiger partial charge in [-0.15, -0.1) is 0 Å². The van der Waals surface area contributed by atoms with E-state index in [4.69, 9.17) is 4.52 Å². The summed E-state index contributed by atoms with van der Waals surface area (Å²) in [4.78, 5) is 15.4. The molecular weight excluding hydrogens is 342 g/mol. The predicted molar refractivity (Wildman–Crippen MR) is 101 cm³/mol. The molecule has 140 valence electrons. The molecule has 3 aromatic rings. The van der Waals surface area contributed by atoms with Crippen molar-refractivity contribution in [3.05, 3.63) is 48.2 Å². The Labute approximate surface area is 158 Å². The van der Waals surface area contributed by atoms with Crippen LogP contribution in [0.15, 0.2) is 41.1 Å². The first-order chi connectivity index (χ1) is 13.2. The van der Waals surface area contributed by atoms with E-state index in [0.29, 0.717) is 24.2 Å². The quantitative estimate of drug-likeness (QED) is 0.743. The molecule has 1 N–H and O–H groups in total. The number of hydrogen-bond donors (Lipinski definition) is 1. The van der Waals surface area contributed by atoms with Crippen LogP contribution in [-0.2, 0) is 6.54 Å². The Bertz CT molecular complexity index is 911. The largest absolute Gasteiger partial charge is 0.396 e. The van der Waals surface area contributed by atoms with E-state index in [2.05, 4.69) is 25.0 Å². The molecular formula is C20H23N5O2. The van der Waals surface area contributed by atoms with Crippen molar-refractivity contribution in [2.45, 2.75) is 26.3 Å². The molecule has 1 aliphatic heterocycles. The first-order valence-corrected chi connectivity index (χ1v) is 9.27. The molecule has 1 atom stereocenters. The molecule has 7 nitrogen and oxygen atoms in total. The summed E-state index contributed by atoms with van der Waals surface area (Å²) in [6.07, 6.45) is 3.93. The number of benzene rings is 1. The highest BCUT2D eigenvalue weighted by molar-refractivity contribution is 5.67. The molecule has 0 radical (unpaired) electrons. The molecule has 0 unspecified atom stereocenters. The summed E-state index contributed by atoms with van der Waals surface area (Å²) in [5.74, 6) is 2.26. The van der Waals surface area contributed by atoms with E-state index in [1.807, 2.05) is 37.3 Å². The van der Waals surface area contributed by atoms with E-state index in [0.717, 1.165) is 48.6 Å². The molecule has 0 spiro atoms. The lowest BCUT2D eigenvalue weighted by atomic mass is 9.99. The lowest BCUT2D eigenvalue weighted by molar-refractivity contribution is 0.107. The van der Waals surface area contributed by atoms with Crippen molar-refractivity contribution >= 4 is 0 Å². The number of aromatic nitrogens is 4. The third-order valence-corrected chi connectivity index (χ3v) is 4.88. The van der Waals surface area contributed by atoms with Gasteiger partial charge in [0.1, 0.15) is 5.82 Å². The Balaban J connectivity index is 1.51. The number of aliphatic hydroxyl groups excluding tert-OH is 1. The van der Waals surface area contributed by atoms with Crippen molar-refractivity contribution in [3.8, 4) is 22.6 Å². The van der Waals surface area contributed by atoms with Crippen molar-refractivity contribution < 1.29 is 9.63 Å². The fraction of sp³-hybridized carbons (Fsp3) is 0.400. The van der Waals surface area contributed by atoms with Gasteiger partial charge in [0.05, 0.1) is 12.2 Å². The van der Waals surface area contributed by atoms with Crippen molar-refractivity contribution in [1.82, 2.24) is 25.0 Å². The van der Waals surface area contributed by atoms with Gasteiger partial charge in [-0.3, -0.25) is 4.90 Å². The number of likely N-dealkylation sites (tertiary alicyclic amines) is 1. The molecule has 0 saturated carbocycles. The Morgan fingerprint density at radius 1 is 1.22 bits per heavy atom. The average Bonchev–Trinajstić information content (AvgIpc) is 3.17. The molecule has 2 aromatic heterocycles. The number of aliphatic hydroxyl groups is 1. The third kappa shape index (κ3) is 4.20. The second-order valence-electron chi connectivity index (χ2n) is 7.01. The van der Waals surface area contributed by atoms with Crippen LogP contribution in [-0.4, -0.2) is 49.8 Å². The van der Waals surface area contributed by atoms with Gasteiger partial charge in [-0.2, -0.15) is 4.98 Å². The molecule has 7 heteroatoms. The normalized spacial score (nSPS) is 17.9. The van der Waals surface area contributed by atoms with Crippen LogP contribution in [0.1, 0.15) is 24.6 Å². The van der Waals surface area contributed by atoms with Crippen LogP contribution in [0, 0.1) is 12.8 Å². The van der Waals surface area contributed by atoms with E-state index >= 15 is 0 Å². The van der Waals surface area contributed by atoms with Gasteiger partial charge in [0.25, 0.3) is 0 Å². The maximum Gasteiger partial charge on any atom is 0.241 e. The standard InChI is InChI=1S/C20H23N5O2/c1-14-21-8-7-18(22-14)16-5-2-6-17(10-16)20-23-19(27-24-20)12-25-9-3-4-15(11-25)13-26/h2,5-8,10,15,26H,3-4,9,11-13H2,1H3/t15-/m0/s1. The van der Waals surface area contributed by atoms with Crippen LogP contribution in [0.5, 0.6) is 0 Å². The van der Waals surface area contributed by atoms with Crippen LogP contribution in [0.2, 0.25) is 0 Å². The summed E-state index contributed by atoms with van der Waals surface area (Å²) >= 11 is 0. The maximum absolute atomic E-state index is 9.38. The van der Waals surface area contributed by atoms with Gasteiger partial charge in [0, 0.05) is 30.5 Å². The van der Waals surface area contributed by atoms with Gasteiger partial charge in [-0.25, -0.2) is 9.97 Å². The van der Waals surface area contributed by atoms with Crippen LogP contribution in [0.4, 0.5) is 0 Å². The minimum atomic E-state index is 0.237. The predicted octanol–water partition coefficient (Wildman–Crippen LogP) is 2.71. The summed E-state index contributed by atoms with van der Waals surface area (Å²) < 4.78 is 5.46. The van der Waals surface area contributed by atoms with Gasteiger partial charge in [-0.1, -0.05) is 23.4 Å². The number of rotatable bonds is 5. The molecule has 0 amide bonds. The monoisotopic (exact) mass is 365 g/mol. The molecule has 1 fully saturated rings.